The first kappa shape index (κ1) is 14.3. The van der Waals surface area contributed by atoms with Crippen molar-refractivity contribution in [2.75, 3.05) is 6.54 Å². The molecule has 0 aromatic heterocycles. The van der Waals surface area contributed by atoms with Crippen LogP contribution >= 0.6 is 0 Å². The smallest absolute Gasteiger partial charge is 0.325 e. The number of nitrogens with one attached hydrogen (secondary N) is 2. The number of aliphatic carboxylic acids is 1. The first-order valence-electron chi connectivity index (χ1n) is 6.42. The van der Waals surface area contributed by atoms with Gasteiger partial charge in [-0.05, 0) is 32.6 Å². The van der Waals surface area contributed by atoms with Crippen molar-refractivity contribution in [3.05, 3.63) is 0 Å². The van der Waals surface area contributed by atoms with Crippen molar-refractivity contribution in [1.29, 1.82) is 0 Å². The molecule has 0 aromatic rings. The van der Waals surface area contributed by atoms with E-state index >= 15 is 0 Å². The number of amides is 4. The lowest BCUT2D eigenvalue weighted by molar-refractivity contribution is -0.141. The second kappa shape index (κ2) is 4.77. The third-order valence-electron chi connectivity index (χ3n) is 3.74. The van der Waals surface area contributed by atoms with Crippen molar-refractivity contribution in [3.63, 3.8) is 0 Å². The van der Waals surface area contributed by atoms with Crippen LogP contribution in [0.5, 0.6) is 0 Å². The molecule has 0 radical (unpaired) electrons. The average Bonchev–Trinajstić information content (AvgIpc) is 3.15. The summed E-state index contributed by atoms with van der Waals surface area (Å²) in [6.07, 6.45) is 1.75. The van der Waals surface area contributed by atoms with E-state index in [-0.39, 0.29) is 5.92 Å². The van der Waals surface area contributed by atoms with Gasteiger partial charge in [-0.2, -0.15) is 0 Å². The molecular weight excluding hydrogens is 266 g/mol. The quantitative estimate of drug-likeness (QED) is 0.577. The lowest BCUT2D eigenvalue weighted by atomic mass is 9.96. The Bertz CT molecular complexity index is 487. The molecule has 0 spiro atoms. The van der Waals surface area contributed by atoms with Crippen LogP contribution in [-0.4, -0.2) is 51.9 Å². The lowest BCUT2D eigenvalue weighted by Gasteiger charge is -2.21. The number of hydrogen-bond acceptors (Lipinski definition) is 4. The van der Waals surface area contributed by atoms with Crippen molar-refractivity contribution in [2.24, 2.45) is 5.92 Å². The molecule has 0 aromatic carbocycles. The Morgan fingerprint density at radius 3 is 2.60 bits per heavy atom. The molecule has 1 aliphatic carbocycles. The number of nitrogens with zero attached hydrogens (tertiary/aromatic N) is 1. The number of rotatable bonds is 5. The summed E-state index contributed by atoms with van der Waals surface area (Å²) in [6, 6.07) is -1.68. The molecule has 2 atom stereocenters. The zero-order chi connectivity index (χ0) is 15.1. The fourth-order valence-electron chi connectivity index (χ4n) is 2.29. The Labute approximate surface area is 115 Å². The van der Waals surface area contributed by atoms with E-state index in [9.17, 15) is 19.2 Å². The molecule has 8 heteroatoms. The molecule has 20 heavy (non-hydrogen) atoms. The van der Waals surface area contributed by atoms with E-state index in [1.54, 1.807) is 6.92 Å². The fourth-order valence-corrected chi connectivity index (χ4v) is 2.29. The Kier molecular flexibility index (Phi) is 3.41. The monoisotopic (exact) mass is 283 g/mol. The minimum atomic E-state index is -1.18. The second-order valence-corrected chi connectivity index (χ2v) is 5.43. The van der Waals surface area contributed by atoms with Gasteiger partial charge in [0.25, 0.3) is 5.91 Å². The maximum Gasteiger partial charge on any atom is 0.325 e. The second-order valence-electron chi connectivity index (χ2n) is 5.43. The van der Waals surface area contributed by atoms with Gasteiger partial charge in [0.05, 0.1) is 0 Å². The van der Waals surface area contributed by atoms with Crippen LogP contribution in [0, 0.1) is 5.92 Å². The Morgan fingerprint density at radius 2 is 2.10 bits per heavy atom. The highest BCUT2D eigenvalue weighted by atomic mass is 16.4. The number of carbonyl (C=O) groups excluding carboxylic acids is 3. The summed E-state index contributed by atoms with van der Waals surface area (Å²) in [6.45, 7) is 2.49. The molecule has 1 saturated carbocycles. The summed E-state index contributed by atoms with van der Waals surface area (Å²) in [4.78, 5) is 47.1. The minimum absolute atomic E-state index is 0.116. The van der Waals surface area contributed by atoms with Gasteiger partial charge < -0.3 is 15.7 Å². The van der Waals surface area contributed by atoms with E-state index in [0.717, 1.165) is 17.7 Å². The molecule has 0 bridgehead atoms. The van der Waals surface area contributed by atoms with Crippen LogP contribution in [0.3, 0.4) is 0 Å². The van der Waals surface area contributed by atoms with Gasteiger partial charge in [-0.1, -0.05) is 0 Å². The summed E-state index contributed by atoms with van der Waals surface area (Å²) in [7, 11) is 0. The van der Waals surface area contributed by atoms with E-state index in [1.165, 1.54) is 6.92 Å². The van der Waals surface area contributed by atoms with Crippen LogP contribution in [0.2, 0.25) is 0 Å². The van der Waals surface area contributed by atoms with E-state index < -0.39 is 41.9 Å². The summed E-state index contributed by atoms with van der Waals surface area (Å²) in [5.41, 5.74) is -0.935. The predicted molar refractivity (Wildman–Crippen MR) is 66.6 cm³/mol. The van der Waals surface area contributed by atoms with Gasteiger partial charge in [-0.3, -0.25) is 19.3 Å². The highest BCUT2D eigenvalue weighted by molar-refractivity contribution is 6.09. The van der Waals surface area contributed by atoms with Crippen LogP contribution in [0.4, 0.5) is 4.79 Å². The highest BCUT2D eigenvalue weighted by Crippen LogP contribution is 2.42. The number of urea groups is 1. The molecule has 2 aliphatic rings. The topological polar surface area (TPSA) is 116 Å². The van der Waals surface area contributed by atoms with E-state index in [0.29, 0.717) is 0 Å². The normalized spacial score (nSPS) is 27.2. The van der Waals surface area contributed by atoms with Crippen molar-refractivity contribution < 1.29 is 24.3 Å². The summed E-state index contributed by atoms with van der Waals surface area (Å²) in [5.74, 6) is -2.17. The number of carbonyl (C=O) groups is 4. The van der Waals surface area contributed by atoms with Gasteiger partial charge in [0.1, 0.15) is 18.1 Å². The molecule has 2 fully saturated rings. The fraction of sp³-hybridized carbons (Fsp3) is 0.667. The number of carboxylic acid groups (broad SMARTS) is 1. The first-order valence-corrected chi connectivity index (χ1v) is 6.42. The first-order chi connectivity index (χ1) is 9.25. The molecule has 2 unspecified atom stereocenters. The van der Waals surface area contributed by atoms with Gasteiger partial charge in [-0.25, -0.2) is 4.79 Å². The molecule has 4 amide bonds. The van der Waals surface area contributed by atoms with Gasteiger partial charge in [-0.15, -0.1) is 0 Å². The van der Waals surface area contributed by atoms with Crippen LogP contribution in [0.15, 0.2) is 0 Å². The van der Waals surface area contributed by atoms with Gasteiger partial charge in [0.15, 0.2) is 0 Å². The van der Waals surface area contributed by atoms with Crippen LogP contribution < -0.4 is 10.6 Å². The molecule has 3 N–H and O–H groups in total. The number of imide groups is 1. The van der Waals surface area contributed by atoms with E-state index in [2.05, 4.69) is 10.6 Å². The molecule has 1 heterocycles. The Hall–Kier alpha value is -2.12. The van der Waals surface area contributed by atoms with Crippen LogP contribution in [0.25, 0.3) is 0 Å². The zero-order valence-corrected chi connectivity index (χ0v) is 11.3. The molecule has 8 nitrogen and oxygen atoms in total. The molecular formula is C12H17N3O5. The molecule has 110 valence electrons. The summed E-state index contributed by atoms with van der Waals surface area (Å²) < 4.78 is 0. The summed E-state index contributed by atoms with van der Waals surface area (Å²) >= 11 is 0. The molecule has 1 aliphatic heterocycles. The van der Waals surface area contributed by atoms with Gasteiger partial charge in [0, 0.05) is 0 Å². The largest absolute Gasteiger partial charge is 0.480 e. The van der Waals surface area contributed by atoms with Crippen LogP contribution in [-0.2, 0) is 14.4 Å². The molecule has 1 saturated heterocycles. The standard InChI is InChI=1S/C12H17N3O5/c1-6(9(17)18)13-8(16)5-15-10(19)12(2,7-3-4-7)14-11(15)20/h6-7H,3-5H2,1-2H3,(H,13,16)(H,14,20)(H,17,18). The average molecular weight is 283 g/mol. The Morgan fingerprint density at radius 1 is 1.50 bits per heavy atom. The third-order valence-corrected chi connectivity index (χ3v) is 3.74. The van der Waals surface area contributed by atoms with E-state index in [4.69, 9.17) is 5.11 Å². The molecule has 2 rings (SSSR count). The SMILES string of the molecule is CC(NC(=O)CN1C(=O)NC(C)(C2CC2)C1=O)C(=O)O. The van der Waals surface area contributed by atoms with Crippen molar-refractivity contribution in [1.82, 2.24) is 15.5 Å². The summed E-state index contributed by atoms with van der Waals surface area (Å²) in [5, 5.41) is 13.5. The lowest BCUT2D eigenvalue weighted by Crippen LogP contribution is -2.48. The Balaban J connectivity index is 1.99. The number of carboxylic acids is 1. The number of hydrogen-bond donors (Lipinski definition) is 3. The maximum atomic E-state index is 12.2. The van der Waals surface area contributed by atoms with E-state index in [1.807, 2.05) is 0 Å². The van der Waals surface area contributed by atoms with Gasteiger partial charge >= 0.3 is 12.0 Å². The predicted octanol–water partition coefficient (Wildman–Crippen LogP) is -0.704. The van der Waals surface area contributed by atoms with Crippen molar-refractivity contribution in [3.8, 4) is 0 Å². The third kappa shape index (κ3) is 2.45. The van der Waals surface area contributed by atoms with Crippen LogP contribution in [0.1, 0.15) is 26.7 Å². The maximum absolute atomic E-state index is 12.2. The van der Waals surface area contributed by atoms with Crippen molar-refractivity contribution >= 4 is 23.8 Å². The zero-order valence-electron chi connectivity index (χ0n) is 11.3. The highest BCUT2D eigenvalue weighted by Gasteiger charge is 2.56. The van der Waals surface area contributed by atoms with Gasteiger partial charge in [0.2, 0.25) is 5.91 Å². The van der Waals surface area contributed by atoms with Crippen molar-refractivity contribution in [2.45, 2.75) is 38.3 Å². The minimum Gasteiger partial charge on any atom is -0.480 e.